The van der Waals surface area contributed by atoms with Crippen LogP contribution in [0.25, 0.3) is 0 Å². The van der Waals surface area contributed by atoms with Gasteiger partial charge in [0.1, 0.15) is 5.75 Å². The first-order valence-electron chi connectivity index (χ1n) is 4.30. The summed E-state index contributed by atoms with van der Waals surface area (Å²) in [6, 6.07) is 4.43. The van der Waals surface area contributed by atoms with E-state index >= 15 is 0 Å². The molecular weight excluding hydrogens is 202 g/mol. The number of hydrogen-bond acceptors (Lipinski definition) is 2. The van der Waals surface area contributed by atoms with Crippen molar-refractivity contribution in [2.24, 2.45) is 5.92 Å². The number of aromatic hydroxyl groups is 1. The van der Waals surface area contributed by atoms with E-state index in [0.29, 0.717) is 10.7 Å². The van der Waals surface area contributed by atoms with Crippen LogP contribution in [0.3, 0.4) is 0 Å². The first kappa shape index (κ1) is 10.9. The van der Waals surface area contributed by atoms with Crippen molar-refractivity contribution in [3.05, 3.63) is 23.2 Å². The fourth-order valence-corrected chi connectivity index (χ4v) is 1.10. The smallest absolute Gasteiger partial charge is 0.226 e. The number of benzene rings is 1. The predicted molar refractivity (Wildman–Crippen MR) is 56.6 cm³/mol. The van der Waals surface area contributed by atoms with Crippen LogP contribution in [0, 0.1) is 5.92 Å². The maximum atomic E-state index is 11.3. The zero-order valence-corrected chi connectivity index (χ0v) is 8.80. The first-order chi connectivity index (χ1) is 6.50. The molecule has 14 heavy (non-hydrogen) atoms. The summed E-state index contributed by atoms with van der Waals surface area (Å²) in [7, 11) is 0. The zero-order chi connectivity index (χ0) is 10.7. The second-order valence-electron chi connectivity index (χ2n) is 3.31. The molecular formula is C10H12ClNO2. The van der Waals surface area contributed by atoms with Crippen molar-refractivity contribution < 1.29 is 9.90 Å². The number of rotatable bonds is 2. The van der Waals surface area contributed by atoms with Gasteiger partial charge in [-0.15, -0.1) is 0 Å². The van der Waals surface area contributed by atoms with Gasteiger partial charge in [-0.2, -0.15) is 0 Å². The lowest BCUT2D eigenvalue weighted by molar-refractivity contribution is -0.118. The third kappa shape index (κ3) is 2.64. The molecule has 1 aromatic carbocycles. The lowest BCUT2D eigenvalue weighted by atomic mass is 10.2. The van der Waals surface area contributed by atoms with Crippen LogP contribution in [-0.2, 0) is 4.79 Å². The van der Waals surface area contributed by atoms with Crippen LogP contribution in [0.2, 0.25) is 5.02 Å². The number of phenolic OH excluding ortho intramolecular Hbond substituents is 1. The molecule has 0 bridgehead atoms. The third-order valence-electron chi connectivity index (χ3n) is 1.73. The molecule has 0 spiro atoms. The van der Waals surface area contributed by atoms with Gasteiger partial charge < -0.3 is 10.4 Å². The van der Waals surface area contributed by atoms with E-state index < -0.39 is 0 Å². The van der Waals surface area contributed by atoms with E-state index in [2.05, 4.69) is 5.32 Å². The van der Waals surface area contributed by atoms with Gasteiger partial charge in [-0.1, -0.05) is 25.4 Å². The minimum absolute atomic E-state index is 0.0811. The molecule has 0 aromatic heterocycles. The fourth-order valence-electron chi connectivity index (χ4n) is 0.882. The highest BCUT2D eigenvalue weighted by molar-refractivity contribution is 6.33. The van der Waals surface area contributed by atoms with Gasteiger partial charge in [0.15, 0.2) is 0 Å². The molecule has 3 nitrogen and oxygen atoms in total. The maximum absolute atomic E-state index is 11.3. The van der Waals surface area contributed by atoms with Gasteiger partial charge in [0.05, 0.1) is 10.7 Å². The lowest BCUT2D eigenvalue weighted by Gasteiger charge is -2.09. The highest BCUT2D eigenvalue weighted by Crippen LogP contribution is 2.26. The molecule has 2 N–H and O–H groups in total. The van der Waals surface area contributed by atoms with Crippen molar-refractivity contribution in [1.29, 1.82) is 0 Å². The second kappa shape index (κ2) is 4.33. The highest BCUT2D eigenvalue weighted by Gasteiger charge is 2.09. The third-order valence-corrected chi connectivity index (χ3v) is 2.05. The molecule has 0 saturated heterocycles. The Kier molecular flexibility index (Phi) is 3.36. The molecule has 1 aromatic rings. The number of phenols is 1. The fraction of sp³-hybridized carbons (Fsp3) is 0.300. The van der Waals surface area contributed by atoms with Crippen molar-refractivity contribution in [3.63, 3.8) is 0 Å². The van der Waals surface area contributed by atoms with Crippen LogP contribution in [0.5, 0.6) is 5.75 Å². The summed E-state index contributed by atoms with van der Waals surface area (Å²) in [5.41, 5.74) is 0.517. The van der Waals surface area contributed by atoms with Gasteiger partial charge in [0, 0.05) is 12.0 Å². The number of carbonyl (C=O) groups excluding carboxylic acids is 1. The Morgan fingerprint density at radius 3 is 2.64 bits per heavy atom. The van der Waals surface area contributed by atoms with Crippen LogP contribution in [0.1, 0.15) is 13.8 Å². The van der Waals surface area contributed by atoms with Gasteiger partial charge in [0.2, 0.25) is 5.91 Å². The van der Waals surface area contributed by atoms with Crippen molar-refractivity contribution in [2.45, 2.75) is 13.8 Å². The van der Waals surface area contributed by atoms with Gasteiger partial charge in [0.25, 0.3) is 0 Å². The maximum Gasteiger partial charge on any atom is 0.226 e. The van der Waals surface area contributed by atoms with Crippen LogP contribution in [-0.4, -0.2) is 11.0 Å². The Morgan fingerprint density at radius 1 is 1.50 bits per heavy atom. The van der Waals surface area contributed by atoms with E-state index in [1.165, 1.54) is 12.1 Å². The largest absolute Gasteiger partial charge is 0.508 e. The molecule has 1 rings (SSSR count). The Bertz CT molecular complexity index is 350. The SMILES string of the molecule is CC(C)C(=O)Nc1ccc(O)cc1Cl. The minimum atomic E-state index is -0.0995. The first-order valence-corrected chi connectivity index (χ1v) is 4.68. The standard InChI is InChI=1S/C10H12ClNO2/c1-6(2)10(14)12-9-4-3-7(13)5-8(9)11/h3-6,13H,1-2H3,(H,12,14). The van der Waals surface area contributed by atoms with E-state index in [1.807, 2.05) is 0 Å². The number of amides is 1. The molecule has 0 atom stereocenters. The monoisotopic (exact) mass is 213 g/mol. The molecule has 76 valence electrons. The molecule has 0 aliphatic heterocycles. The Hall–Kier alpha value is -1.22. The van der Waals surface area contributed by atoms with Crippen molar-refractivity contribution in [1.82, 2.24) is 0 Å². The summed E-state index contributed by atoms with van der Waals surface area (Å²) in [5.74, 6) is -0.116. The predicted octanol–water partition coefficient (Wildman–Crippen LogP) is 2.64. The van der Waals surface area contributed by atoms with Gasteiger partial charge in [-0.05, 0) is 12.1 Å². The van der Waals surface area contributed by atoms with Crippen LogP contribution in [0.15, 0.2) is 18.2 Å². The van der Waals surface area contributed by atoms with E-state index in [1.54, 1.807) is 19.9 Å². The van der Waals surface area contributed by atoms with Gasteiger partial charge in [-0.25, -0.2) is 0 Å². The Labute approximate surface area is 87.7 Å². The summed E-state index contributed by atoms with van der Waals surface area (Å²) in [6.07, 6.45) is 0. The zero-order valence-electron chi connectivity index (χ0n) is 8.04. The molecule has 0 radical (unpaired) electrons. The summed E-state index contributed by atoms with van der Waals surface area (Å²) in [6.45, 7) is 3.59. The number of carbonyl (C=O) groups is 1. The van der Waals surface area contributed by atoms with Crippen LogP contribution < -0.4 is 5.32 Å². The topological polar surface area (TPSA) is 49.3 Å². The van der Waals surface area contributed by atoms with Crippen molar-refractivity contribution >= 4 is 23.2 Å². The summed E-state index contributed by atoms with van der Waals surface area (Å²) in [4.78, 5) is 11.3. The summed E-state index contributed by atoms with van der Waals surface area (Å²) >= 11 is 5.80. The van der Waals surface area contributed by atoms with E-state index in [4.69, 9.17) is 16.7 Å². The Balaban J connectivity index is 2.82. The molecule has 0 fully saturated rings. The van der Waals surface area contributed by atoms with Crippen molar-refractivity contribution in [2.75, 3.05) is 5.32 Å². The molecule has 0 aliphatic carbocycles. The number of halogens is 1. The number of anilines is 1. The molecule has 0 heterocycles. The van der Waals surface area contributed by atoms with E-state index in [-0.39, 0.29) is 17.6 Å². The average Bonchev–Trinajstić information content (AvgIpc) is 2.09. The average molecular weight is 214 g/mol. The molecule has 0 aliphatic rings. The van der Waals surface area contributed by atoms with Gasteiger partial charge in [-0.3, -0.25) is 4.79 Å². The van der Waals surface area contributed by atoms with E-state index in [9.17, 15) is 4.79 Å². The molecule has 4 heteroatoms. The van der Waals surface area contributed by atoms with Crippen molar-refractivity contribution in [3.8, 4) is 5.75 Å². The van der Waals surface area contributed by atoms with Gasteiger partial charge >= 0.3 is 0 Å². The summed E-state index contributed by atoms with van der Waals surface area (Å²) in [5, 5.41) is 12.1. The molecule has 1 amide bonds. The Morgan fingerprint density at radius 2 is 2.14 bits per heavy atom. The number of nitrogens with one attached hydrogen (secondary N) is 1. The van der Waals surface area contributed by atoms with Crippen LogP contribution >= 0.6 is 11.6 Å². The molecule has 0 unspecified atom stereocenters. The molecule has 0 saturated carbocycles. The lowest BCUT2D eigenvalue weighted by Crippen LogP contribution is -2.17. The minimum Gasteiger partial charge on any atom is -0.508 e. The number of hydrogen-bond donors (Lipinski definition) is 2. The van der Waals surface area contributed by atoms with Crippen LogP contribution in [0.4, 0.5) is 5.69 Å². The quantitative estimate of drug-likeness (QED) is 0.742. The highest BCUT2D eigenvalue weighted by atomic mass is 35.5. The normalized spacial score (nSPS) is 10.3. The van der Waals surface area contributed by atoms with E-state index in [0.717, 1.165) is 0 Å². The second-order valence-corrected chi connectivity index (χ2v) is 3.72. The summed E-state index contributed by atoms with van der Waals surface area (Å²) < 4.78 is 0.